The maximum Gasteiger partial charge on any atom is 0.260 e. The van der Waals surface area contributed by atoms with Crippen LogP contribution in [-0.2, 0) is 16.1 Å². The van der Waals surface area contributed by atoms with Crippen molar-refractivity contribution in [3.8, 4) is 5.75 Å². The van der Waals surface area contributed by atoms with Crippen LogP contribution in [0.15, 0.2) is 84.9 Å². The number of nitrogens with zero attached hydrogens (tertiary/aromatic N) is 1. The Bertz CT molecular complexity index is 940. The monoisotopic (exact) mass is 403 g/mol. The van der Waals surface area contributed by atoms with Gasteiger partial charge in [-0.25, -0.2) is 0 Å². The highest BCUT2D eigenvalue weighted by molar-refractivity contribution is 6.08. The summed E-state index contributed by atoms with van der Waals surface area (Å²) in [5.74, 6) is 0.367. The summed E-state index contributed by atoms with van der Waals surface area (Å²) in [6.45, 7) is 1.35. The molecule has 0 aliphatic heterocycles. The van der Waals surface area contributed by atoms with E-state index in [0.29, 0.717) is 36.6 Å². The Morgan fingerprint density at radius 3 is 2.03 bits per heavy atom. The predicted molar refractivity (Wildman–Crippen MR) is 116 cm³/mol. The molecule has 0 N–H and O–H groups in total. The summed E-state index contributed by atoms with van der Waals surface area (Å²) >= 11 is 0. The normalized spacial score (nSPS) is 10.4. The Kier molecular flexibility index (Phi) is 7.75. The Hall–Kier alpha value is -3.44. The van der Waals surface area contributed by atoms with E-state index in [2.05, 4.69) is 0 Å². The molecule has 30 heavy (non-hydrogen) atoms. The van der Waals surface area contributed by atoms with E-state index in [1.54, 1.807) is 48.4 Å². The molecule has 0 saturated carbocycles. The van der Waals surface area contributed by atoms with E-state index in [1.165, 1.54) is 0 Å². The van der Waals surface area contributed by atoms with Crippen molar-refractivity contribution in [1.82, 2.24) is 4.90 Å². The molecule has 3 aromatic carbocycles. The van der Waals surface area contributed by atoms with Crippen LogP contribution >= 0.6 is 0 Å². The molecule has 0 radical (unpaired) electrons. The van der Waals surface area contributed by atoms with Crippen LogP contribution in [0.1, 0.15) is 21.5 Å². The van der Waals surface area contributed by atoms with Gasteiger partial charge in [0.25, 0.3) is 5.91 Å². The van der Waals surface area contributed by atoms with E-state index >= 15 is 0 Å². The van der Waals surface area contributed by atoms with Gasteiger partial charge >= 0.3 is 0 Å². The summed E-state index contributed by atoms with van der Waals surface area (Å²) < 4.78 is 10.8. The van der Waals surface area contributed by atoms with Crippen molar-refractivity contribution < 1.29 is 19.1 Å². The van der Waals surface area contributed by atoms with Gasteiger partial charge in [0.2, 0.25) is 0 Å². The average molecular weight is 403 g/mol. The lowest BCUT2D eigenvalue weighted by Gasteiger charge is -2.22. The van der Waals surface area contributed by atoms with Gasteiger partial charge in [-0.15, -0.1) is 0 Å². The topological polar surface area (TPSA) is 55.8 Å². The molecule has 5 heteroatoms. The highest BCUT2D eigenvalue weighted by atomic mass is 16.5. The van der Waals surface area contributed by atoms with E-state index in [1.807, 2.05) is 48.5 Å². The maximum atomic E-state index is 12.7. The van der Waals surface area contributed by atoms with Gasteiger partial charge in [0, 0.05) is 31.3 Å². The number of benzene rings is 3. The van der Waals surface area contributed by atoms with Crippen LogP contribution in [0.3, 0.4) is 0 Å². The number of methoxy groups -OCH3 is 1. The Morgan fingerprint density at radius 1 is 0.800 bits per heavy atom. The summed E-state index contributed by atoms with van der Waals surface area (Å²) in [5, 5.41) is 0. The first-order valence-corrected chi connectivity index (χ1v) is 9.80. The number of amides is 1. The number of hydrogen-bond donors (Lipinski definition) is 0. The molecule has 0 aromatic heterocycles. The minimum absolute atomic E-state index is 0.0492. The van der Waals surface area contributed by atoms with Gasteiger partial charge in [0.15, 0.2) is 12.4 Å². The van der Waals surface area contributed by atoms with Crippen LogP contribution in [0.2, 0.25) is 0 Å². The molecule has 0 fully saturated rings. The van der Waals surface area contributed by atoms with Gasteiger partial charge < -0.3 is 14.4 Å². The first kappa shape index (κ1) is 21.3. The molecular weight excluding hydrogens is 378 g/mol. The number of ketones is 1. The first-order chi connectivity index (χ1) is 14.7. The van der Waals surface area contributed by atoms with Crippen molar-refractivity contribution in [2.24, 2.45) is 0 Å². The molecule has 0 heterocycles. The molecule has 0 aliphatic carbocycles. The predicted octanol–water partition coefficient (Wildman–Crippen LogP) is 3.97. The zero-order valence-corrected chi connectivity index (χ0v) is 17.0. The SMILES string of the molecule is COCCN(Cc1ccccc1)C(=O)COc1ccc(C(=O)c2ccccc2)cc1. The second-order valence-corrected chi connectivity index (χ2v) is 6.80. The molecule has 0 atom stereocenters. The molecule has 0 unspecified atom stereocenters. The summed E-state index contributed by atoms with van der Waals surface area (Å²) in [6.07, 6.45) is 0. The van der Waals surface area contributed by atoms with E-state index < -0.39 is 0 Å². The maximum absolute atomic E-state index is 12.7. The fourth-order valence-electron chi connectivity index (χ4n) is 2.99. The molecule has 1 amide bonds. The lowest BCUT2D eigenvalue weighted by atomic mass is 10.0. The van der Waals surface area contributed by atoms with Crippen molar-refractivity contribution >= 4 is 11.7 Å². The zero-order chi connectivity index (χ0) is 21.2. The lowest BCUT2D eigenvalue weighted by molar-refractivity contribution is -0.134. The summed E-state index contributed by atoms with van der Waals surface area (Å²) in [6, 6.07) is 25.8. The molecule has 3 aromatic rings. The van der Waals surface area contributed by atoms with Crippen LogP contribution in [0.25, 0.3) is 0 Å². The standard InChI is InChI=1S/C25H25NO4/c1-29-17-16-26(18-20-8-4-2-5-9-20)24(27)19-30-23-14-12-22(13-15-23)25(28)21-10-6-3-7-11-21/h2-15H,16-19H2,1H3. The minimum atomic E-state index is -0.125. The highest BCUT2D eigenvalue weighted by Crippen LogP contribution is 2.16. The van der Waals surface area contributed by atoms with Crippen LogP contribution < -0.4 is 4.74 Å². The lowest BCUT2D eigenvalue weighted by Crippen LogP contribution is -2.36. The van der Waals surface area contributed by atoms with Crippen LogP contribution in [-0.4, -0.2) is 43.5 Å². The van der Waals surface area contributed by atoms with Gasteiger partial charge in [0.05, 0.1) is 6.61 Å². The Morgan fingerprint density at radius 2 is 1.40 bits per heavy atom. The molecule has 0 spiro atoms. The molecule has 3 rings (SSSR count). The van der Waals surface area contributed by atoms with Crippen molar-refractivity contribution in [1.29, 1.82) is 0 Å². The largest absolute Gasteiger partial charge is 0.484 e. The van der Waals surface area contributed by atoms with Crippen molar-refractivity contribution in [3.05, 3.63) is 102 Å². The number of ether oxygens (including phenoxy) is 2. The second kappa shape index (κ2) is 10.9. The first-order valence-electron chi connectivity index (χ1n) is 9.80. The quantitative estimate of drug-likeness (QED) is 0.481. The Labute approximate surface area is 176 Å². The summed E-state index contributed by atoms with van der Waals surface area (Å²) in [7, 11) is 1.61. The van der Waals surface area contributed by atoms with E-state index in [-0.39, 0.29) is 18.3 Å². The van der Waals surface area contributed by atoms with E-state index in [0.717, 1.165) is 5.56 Å². The third kappa shape index (κ3) is 6.03. The third-order valence-electron chi connectivity index (χ3n) is 4.65. The molecular formula is C25H25NO4. The number of carbonyl (C=O) groups is 2. The molecule has 5 nitrogen and oxygen atoms in total. The second-order valence-electron chi connectivity index (χ2n) is 6.80. The molecule has 0 saturated heterocycles. The van der Waals surface area contributed by atoms with Gasteiger partial charge in [-0.1, -0.05) is 60.7 Å². The summed E-state index contributed by atoms with van der Waals surface area (Å²) in [5.41, 5.74) is 2.26. The van der Waals surface area contributed by atoms with Gasteiger partial charge in [-0.3, -0.25) is 9.59 Å². The van der Waals surface area contributed by atoms with Crippen molar-refractivity contribution in [2.45, 2.75) is 6.54 Å². The number of hydrogen-bond acceptors (Lipinski definition) is 4. The number of rotatable bonds is 10. The van der Waals surface area contributed by atoms with Crippen molar-refractivity contribution in [3.63, 3.8) is 0 Å². The van der Waals surface area contributed by atoms with Crippen LogP contribution in [0.5, 0.6) is 5.75 Å². The van der Waals surface area contributed by atoms with Crippen LogP contribution in [0, 0.1) is 0 Å². The van der Waals surface area contributed by atoms with Crippen molar-refractivity contribution in [2.75, 3.05) is 26.9 Å². The van der Waals surface area contributed by atoms with Gasteiger partial charge in [-0.2, -0.15) is 0 Å². The third-order valence-corrected chi connectivity index (χ3v) is 4.65. The summed E-state index contributed by atoms with van der Waals surface area (Å²) in [4.78, 5) is 26.9. The fraction of sp³-hybridized carbons (Fsp3) is 0.200. The van der Waals surface area contributed by atoms with Gasteiger partial charge in [0.1, 0.15) is 5.75 Å². The smallest absolute Gasteiger partial charge is 0.260 e. The Balaban J connectivity index is 1.58. The molecule has 0 bridgehead atoms. The molecule has 0 aliphatic rings. The average Bonchev–Trinajstić information content (AvgIpc) is 2.81. The highest BCUT2D eigenvalue weighted by Gasteiger charge is 2.15. The zero-order valence-electron chi connectivity index (χ0n) is 17.0. The van der Waals surface area contributed by atoms with Crippen LogP contribution in [0.4, 0.5) is 0 Å². The number of carbonyl (C=O) groups excluding carboxylic acids is 2. The van der Waals surface area contributed by atoms with Gasteiger partial charge in [-0.05, 0) is 29.8 Å². The van der Waals surface area contributed by atoms with E-state index in [4.69, 9.17) is 9.47 Å². The fourth-order valence-corrected chi connectivity index (χ4v) is 2.99. The van der Waals surface area contributed by atoms with E-state index in [9.17, 15) is 9.59 Å². The minimum Gasteiger partial charge on any atom is -0.484 e. The molecule has 154 valence electrons.